The molecule has 1 unspecified atom stereocenters. The Morgan fingerprint density at radius 2 is 2.20 bits per heavy atom. The van der Waals surface area contributed by atoms with Crippen molar-refractivity contribution in [2.75, 3.05) is 0 Å². The molecule has 0 saturated carbocycles. The molecule has 1 aliphatic carbocycles. The number of benzene rings is 1. The molecule has 3 rings (SSSR count). The first-order valence-electron chi connectivity index (χ1n) is 5.23. The molecule has 0 amide bonds. The van der Waals surface area contributed by atoms with Crippen LogP contribution in [0.4, 0.5) is 0 Å². The van der Waals surface area contributed by atoms with Crippen LogP contribution in [0.15, 0.2) is 29.4 Å². The van der Waals surface area contributed by atoms with Crippen LogP contribution in [0.5, 0.6) is 0 Å². The van der Waals surface area contributed by atoms with E-state index < -0.39 is 0 Å². The maximum atomic E-state index is 11.4. The summed E-state index contributed by atoms with van der Waals surface area (Å²) in [5.41, 5.74) is 3.19. The standard InChI is InChI=1S/C12H11NO2/c14-12-10-7-3-5-8-4-1-2-6-9(8)11(10)13-15-12/h1-2,4,6,10H,3,5,7H2. The predicted molar refractivity (Wildman–Crippen MR) is 55.5 cm³/mol. The van der Waals surface area contributed by atoms with Crippen molar-refractivity contribution in [3.63, 3.8) is 0 Å². The highest BCUT2D eigenvalue weighted by Gasteiger charge is 2.35. The van der Waals surface area contributed by atoms with Gasteiger partial charge >= 0.3 is 5.97 Å². The molecule has 1 aromatic carbocycles. The highest BCUT2D eigenvalue weighted by molar-refractivity contribution is 6.14. The third-order valence-corrected chi connectivity index (χ3v) is 3.08. The van der Waals surface area contributed by atoms with E-state index in [2.05, 4.69) is 11.2 Å². The Bertz CT molecular complexity index is 451. The second-order valence-electron chi connectivity index (χ2n) is 3.99. The molecule has 1 aliphatic heterocycles. The van der Waals surface area contributed by atoms with E-state index >= 15 is 0 Å². The van der Waals surface area contributed by atoms with Crippen LogP contribution >= 0.6 is 0 Å². The number of aryl methyl sites for hydroxylation is 1. The quantitative estimate of drug-likeness (QED) is 0.601. The molecule has 15 heavy (non-hydrogen) atoms. The zero-order valence-corrected chi connectivity index (χ0v) is 8.27. The Kier molecular flexibility index (Phi) is 1.84. The average molecular weight is 201 g/mol. The van der Waals surface area contributed by atoms with E-state index in [1.165, 1.54) is 5.56 Å². The number of carbonyl (C=O) groups is 1. The van der Waals surface area contributed by atoms with Crippen molar-refractivity contribution in [2.24, 2.45) is 11.1 Å². The van der Waals surface area contributed by atoms with Crippen LogP contribution in [0.3, 0.4) is 0 Å². The lowest BCUT2D eigenvalue weighted by Gasteiger charge is -2.05. The van der Waals surface area contributed by atoms with Gasteiger partial charge in [0.1, 0.15) is 11.6 Å². The Hall–Kier alpha value is -1.64. The number of rotatable bonds is 0. The molecule has 0 bridgehead atoms. The molecule has 3 nitrogen and oxygen atoms in total. The van der Waals surface area contributed by atoms with E-state index in [1.807, 2.05) is 18.2 Å². The summed E-state index contributed by atoms with van der Waals surface area (Å²) in [5, 5.41) is 3.91. The van der Waals surface area contributed by atoms with Crippen LogP contribution < -0.4 is 0 Å². The van der Waals surface area contributed by atoms with Gasteiger partial charge in [-0.15, -0.1) is 0 Å². The lowest BCUT2D eigenvalue weighted by molar-refractivity contribution is -0.143. The van der Waals surface area contributed by atoms with Crippen LogP contribution in [-0.2, 0) is 16.1 Å². The molecular formula is C12H11NO2. The van der Waals surface area contributed by atoms with Crippen molar-refractivity contribution >= 4 is 11.7 Å². The Morgan fingerprint density at radius 1 is 1.33 bits per heavy atom. The molecule has 0 aromatic heterocycles. The molecule has 0 spiro atoms. The van der Waals surface area contributed by atoms with Crippen molar-refractivity contribution in [3.05, 3.63) is 35.4 Å². The largest absolute Gasteiger partial charge is 0.344 e. The summed E-state index contributed by atoms with van der Waals surface area (Å²) < 4.78 is 0. The molecule has 1 atom stereocenters. The zero-order chi connectivity index (χ0) is 10.3. The van der Waals surface area contributed by atoms with Gasteiger partial charge in [-0.25, -0.2) is 4.79 Å². The van der Waals surface area contributed by atoms with Gasteiger partial charge in [0, 0.05) is 5.56 Å². The van der Waals surface area contributed by atoms with Crippen LogP contribution in [0.2, 0.25) is 0 Å². The van der Waals surface area contributed by atoms with Crippen molar-refractivity contribution in [1.29, 1.82) is 0 Å². The molecule has 0 radical (unpaired) electrons. The Morgan fingerprint density at radius 3 is 3.13 bits per heavy atom. The molecule has 0 N–H and O–H groups in total. The molecule has 0 fully saturated rings. The maximum absolute atomic E-state index is 11.4. The number of hydrogen-bond acceptors (Lipinski definition) is 3. The third kappa shape index (κ3) is 1.27. The maximum Gasteiger partial charge on any atom is 0.344 e. The molecular weight excluding hydrogens is 190 g/mol. The summed E-state index contributed by atoms with van der Waals surface area (Å²) in [7, 11) is 0. The van der Waals surface area contributed by atoms with E-state index in [1.54, 1.807) is 0 Å². The fourth-order valence-electron chi connectivity index (χ4n) is 2.31. The molecule has 2 aliphatic rings. The minimum atomic E-state index is -0.193. The van der Waals surface area contributed by atoms with Crippen LogP contribution in [-0.4, -0.2) is 11.7 Å². The SMILES string of the molecule is O=C1ON=C2c3ccccc3CCCC12. The lowest BCUT2D eigenvalue weighted by Crippen LogP contribution is -2.17. The highest BCUT2D eigenvalue weighted by atomic mass is 16.7. The summed E-state index contributed by atoms with van der Waals surface area (Å²) in [4.78, 5) is 16.2. The fraction of sp³-hybridized carbons (Fsp3) is 0.333. The normalized spacial score (nSPS) is 23.6. The van der Waals surface area contributed by atoms with Gasteiger partial charge in [0.25, 0.3) is 0 Å². The van der Waals surface area contributed by atoms with Crippen LogP contribution in [0, 0.1) is 5.92 Å². The highest BCUT2D eigenvalue weighted by Crippen LogP contribution is 2.29. The summed E-state index contributed by atoms with van der Waals surface area (Å²) >= 11 is 0. The minimum Gasteiger partial charge on any atom is -0.317 e. The van der Waals surface area contributed by atoms with Crippen molar-refractivity contribution < 1.29 is 9.63 Å². The predicted octanol–water partition coefficient (Wildman–Crippen LogP) is 1.90. The van der Waals surface area contributed by atoms with E-state index in [0.29, 0.717) is 0 Å². The molecule has 1 heterocycles. The van der Waals surface area contributed by atoms with Gasteiger partial charge in [-0.05, 0) is 24.8 Å². The summed E-state index contributed by atoms with van der Waals surface area (Å²) in [6, 6.07) is 8.13. The third-order valence-electron chi connectivity index (χ3n) is 3.08. The monoisotopic (exact) mass is 201 g/mol. The first kappa shape index (κ1) is 8.65. The number of oxime groups is 1. The van der Waals surface area contributed by atoms with Gasteiger partial charge in [0.2, 0.25) is 0 Å². The number of carbonyl (C=O) groups excluding carboxylic acids is 1. The van der Waals surface area contributed by atoms with E-state index in [4.69, 9.17) is 4.84 Å². The Balaban J connectivity index is 2.14. The van der Waals surface area contributed by atoms with Gasteiger partial charge < -0.3 is 4.84 Å². The van der Waals surface area contributed by atoms with Gasteiger partial charge in [-0.3, -0.25) is 0 Å². The van der Waals surface area contributed by atoms with Crippen LogP contribution in [0.25, 0.3) is 0 Å². The number of fused-ring (bicyclic) bond motifs is 3. The molecule has 76 valence electrons. The zero-order valence-electron chi connectivity index (χ0n) is 8.27. The fourth-order valence-corrected chi connectivity index (χ4v) is 2.31. The van der Waals surface area contributed by atoms with Crippen molar-refractivity contribution in [3.8, 4) is 0 Å². The second-order valence-corrected chi connectivity index (χ2v) is 3.99. The number of hydrogen-bond donors (Lipinski definition) is 0. The van der Waals surface area contributed by atoms with E-state index in [-0.39, 0.29) is 11.9 Å². The van der Waals surface area contributed by atoms with Gasteiger partial charge in [0.15, 0.2) is 0 Å². The molecule has 0 saturated heterocycles. The van der Waals surface area contributed by atoms with Gasteiger partial charge in [0.05, 0.1) is 0 Å². The van der Waals surface area contributed by atoms with E-state index in [0.717, 1.165) is 30.5 Å². The van der Waals surface area contributed by atoms with Crippen molar-refractivity contribution in [1.82, 2.24) is 0 Å². The summed E-state index contributed by atoms with van der Waals surface area (Å²) in [6.07, 6.45) is 2.90. The molecule has 1 aromatic rings. The first-order chi connectivity index (χ1) is 7.36. The Labute approximate surface area is 87.7 Å². The van der Waals surface area contributed by atoms with Gasteiger partial charge in [-0.1, -0.05) is 29.4 Å². The first-order valence-corrected chi connectivity index (χ1v) is 5.23. The number of nitrogens with zero attached hydrogens (tertiary/aromatic N) is 1. The van der Waals surface area contributed by atoms with E-state index in [9.17, 15) is 4.79 Å². The van der Waals surface area contributed by atoms with Crippen LogP contribution in [0.1, 0.15) is 24.0 Å². The summed E-state index contributed by atoms with van der Waals surface area (Å²) in [5.74, 6) is -0.324. The second kappa shape index (κ2) is 3.19. The minimum absolute atomic E-state index is 0.131. The topological polar surface area (TPSA) is 38.7 Å². The summed E-state index contributed by atoms with van der Waals surface area (Å²) in [6.45, 7) is 0. The average Bonchev–Trinajstić information content (AvgIpc) is 2.53. The smallest absolute Gasteiger partial charge is 0.317 e. The molecule has 3 heteroatoms. The van der Waals surface area contributed by atoms with Crippen molar-refractivity contribution in [2.45, 2.75) is 19.3 Å². The lowest BCUT2D eigenvalue weighted by atomic mass is 9.95. The van der Waals surface area contributed by atoms with Gasteiger partial charge in [-0.2, -0.15) is 0 Å².